The van der Waals surface area contributed by atoms with Gasteiger partial charge in [-0.1, -0.05) is 43.0 Å². The van der Waals surface area contributed by atoms with Crippen molar-refractivity contribution in [2.24, 2.45) is 0 Å². The molecule has 0 aliphatic carbocycles. The monoisotopic (exact) mass is 463 g/mol. The predicted octanol–water partition coefficient (Wildman–Crippen LogP) is 4.30. The van der Waals surface area contributed by atoms with E-state index in [9.17, 15) is 9.59 Å². The molecule has 2 heterocycles. The Morgan fingerprint density at radius 2 is 1.74 bits per heavy atom. The van der Waals surface area contributed by atoms with E-state index in [2.05, 4.69) is 6.58 Å². The fraction of sp³-hybridized carbons (Fsp3) is 0.333. The highest BCUT2D eigenvalue weighted by molar-refractivity contribution is 5.98. The van der Waals surface area contributed by atoms with Gasteiger partial charge in [0.15, 0.2) is 11.5 Å². The molecule has 0 aromatic heterocycles. The lowest BCUT2D eigenvalue weighted by Gasteiger charge is -2.48. The number of likely N-dealkylation sites (N-methyl/N-ethyl adjacent to an activating group) is 1. The normalized spacial score (nSPS) is 21.5. The maximum atomic E-state index is 14.0. The standard InChI is InChI=1S/C27H29NO6/c1-6-31-25(29)23-17(3)28(5)18(4)27(26(30)32-7-2,24(23)19-11-9-8-10-12-19)20-13-14-21-22(15-20)34-16-33-21/h8-15,24H,4,6-7,16H2,1-3,5H3/t24-,27-/m1/s1. The highest BCUT2D eigenvalue weighted by Crippen LogP contribution is 2.55. The lowest BCUT2D eigenvalue weighted by Crippen LogP contribution is -2.53. The van der Waals surface area contributed by atoms with E-state index in [1.54, 1.807) is 37.9 Å². The van der Waals surface area contributed by atoms with Crippen LogP contribution in [0.5, 0.6) is 11.5 Å². The second-order valence-electron chi connectivity index (χ2n) is 8.17. The van der Waals surface area contributed by atoms with Gasteiger partial charge < -0.3 is 23.8 Å². The fourth-order valence-electron chi connectivity index (χ4n) is 4.85. The van der Waals surface area contributed by atoms with E-state index in [-0.39, 0.29) is 20.0 Å². The van der Waals surface area contributed by atoms with Gasteiger partial charge in [0.25, 0.3) is 0 Å². The number of allylic oxidation sites excluding steroid dienone is 1. The van der Waals surface area contributed by atoms with Crippen molar-refractivity contribution in [2.75, 3.05) is 27.1 Å². The zero-order valence-corrected chi connectivity index (χ0v) is 19.9. The molecule has 0 radical (unpaired) electrons. The van der Waals surface area contributed by atoms with Crippen molar-refractivity contribution >= 4 is 11.9 Å². The molecule has 0 saturated heterocycles. The molecular weight excluding hydrogens is 434 g/mol. The Morgan fingerprint density at radius 3 is 2.41 bits per heavy atom. The van der Waals surface area contributed by atoms with Gasteiger partial charge >= 0.3 is 11.9 Å². The smallest absolute Gasteiger partial charge is 0.336 e. The van der Waals surface area contributed by atoms with Crippen LogP contribution in [-0.4, -0.2) is 43.9 Å². The van der Waals surface area contributed by atoms with E-state index < -0.39 is 23.3 Å². The van der Waals surface area contributed by atoms with Crippen LogP contribution in [0, 0.1) is 0 Å². The minimum atomic E-state index is -1.45. The summed E-state index contributed by atoms with van der Waals surface area (Å²) in [6, 6.07) is 14.8. The highest BCUT2D eigenvalue weighted by atomic mass is 16.7. The van der Waals surface area contributed by atoms with Gasteiger partial charge in [0.1, 0.15) is 5.41 Å². The third-order valence-electron chi connectivity index (χ3n) is 6.53. The summed E-state index contributed by atoms with van der Waals surface area (Å²) in [4.78, 5) is 29.2. The first-order valence-corrected chi connectivity index (χ1v) is 11.3. The minimum Gasteiger partial charge on any atom is -0.465 e. The summed E-state index contributed by atoms with van der Waals surface area (Å²) in [5, 5.41) is 0. The highest BCUT2D eigenvalue weighted by Gasteiger charge is 2.58. The van der Waals surface area contributed by atoms with Crippen molar-refractivity contribution in [3.63, 3.8) is 0 Å². The zero-order valence-electron chi connectivity index (χ0n) is 19.9. The van der Waals surface area contributed by atoms with Gasteiger partial charge in [-0.25, -0.2) is 4.79 Å². The molecule has 0 fully saturated rings. The maximum Gasteiger partial charge on any atom is 0.336 e. The van der Waals surface area contributed by atoms with Gasteiger partial charge in [-0.05, 0) is 44.0 Å². The van der Waals surface area contributed by atoms with Gasteiger partial charge in [0, 0.05) is 24.4 Å². The topological polar surface area (TPSA) is 74.3 Å². The van der Waals surface area contributed by atoms with Gasteiger partial charge in [-0.2, -0.15) is 0 Å². The molecule has 34 heavy (non-hydrogen) atoms. The molecule has 4 rings (SSSR count). The van der Waals surface area contributed by atoms with Crippen molar-refractivity contribution < 1.29 is 28.5 Å². The number of hydrogen-bond donors (Lipinski definition) is 0. The van der Waals surface area contributed by atoms with Crippen LogP contribution >= 0.6 is 0 Å². The van der Waals surface area contributed by atoms with Crippen LogP contribution in [0.2, 0.25) is 0 Å². The number of ether oxygens (including phenoxy) is 4. The first-order valence-electron chi connectivity index (χ1n) is 11.3. The molecule has 7 nitrogen and oxygen atoms in total. The summed E-state index contributed by atoms with van der Waals surface area (Å²) in [5.41, 5.74) is 1.45. The molecule has 0 amide bonds. The predicted molar refractivity (Wildman–Crippen MR) is 126 cm³/mol. The number of fused-ring (bicyclic) bond motifs is 1. The second kappa shape index (κ2) is 9.25. The molecular formula is C27H29NO6. The van der Waals surface area contributed by atoms with Crippen LogP contribution in [0.4, 0.5) is 0 Å². The van der Waals surface area contributed by atoms with Crippen LogP contribution in [0.1, 0.15) is 37.8 Å². The summed E-state index contributed by atoms with van der Waals surface area (Å²) >= 11 is 0. The molecule has 2 aromatic rings. The van der Waals surface area contributed by atoms with Crippen LogP contribution in [0.15, 0.2) is 72.1 Å². The Balaban J connectivity index is 2.09. The van der Waals surface area contributed by atoms with Crippen molar-refractivity contribution in [3.8, 4) is 11.5 Å². The Labute approximate surface area is 199 Å². The molecule has 0 spiro atoms. The molecule has 2 atom stereocenters. The molecule has 2 aliphatic rings. The van der Waals surface area contributed by atoms with Crippen LogP contribution in [0.25, 0.3) is 0 Å². The first kappa shape index (κ1) is 23.4. The summed E-state index contributed by atoms with van der Waals surface area (Å²) in [7, 11) is 1.79. The fourth-order valence-corrected chi connectivity index (χ4v) is 4.85. The van der Waals surface area contributed by atoms with Gasteiger partial charge in [-0.15, -0.1) is 0 Å². The van der Waals surface area contributed by atoms with Crippen LogP contribution in [-0.2, 0) is 24.5 Å². The summed E-state index contributed by atoms with van der Waals surface area (Å²) < 4.78 is 22.3. The van der Waals surface area contributed by atoms with Crippen molar-refractivity contribution in [1.29, 1.82) is 0 Å². The molecule has 7 heteroatoms. The first-order chi connectivity index (χ1) is 16.4. The third-order valence-corrected chi connectivity index (χ3v) is 6.53. The minimum absolute atomic E-state index is 0.0985. The molecule has 2 aromatic carbocycles. The molecule has 0 unspecified atom stereocenters. The van der Waals surface area contributed by atoms with Crippen molar-refractivity contribution in [1.82, 2.24) is 4.90 Å². The van der Waals surface area contributed by atoms with Gasteiger partial charge in [-0.3, -0.25) is 4.79 Å². The van der Waals surface area contributed by atoms with Crippen LogP contribution in [0.3, 0.4) is 0 Å². The Morgan fingerprint density at radius 1 is 1.06 bits per heavy atom. The SMILES string of the molecule is C=C1N(C)C(C)=C(C(=O)OCC)[C@@H](c2ccccc2)[C@]1(C(=O)OCC)c1ccc2c(c1)OCO2. The maximum absolute atomic E-state index is 14.0. The van der Waals surface area contributed by atoms with Gasteiger partial charge in [0.2, 0.25) is 6.79 Å². The van der Waals surface area contributed by atoms with E-state index >= 15 is 0 Å². The Hall–Kier alpha value is -3.74. The quantitative estimate of drug-likeness (QED) is 0.592. The number of hydrogen-bond acceptors (Lipinski definition) is 7. The van der Waals surface area contributed by atoms with E-state index in [1.807, 2.05) is 43.3 Å². The van der Waals surface area contributed by atoms with Crippen LogP contribution < -0.4 is 9.47 Å². The van der Waals surface area contributed by atoms with Crippen molar-refractivity contribution in [2.45, 2.75) is 32.1 Å². The van der Waals surface area contributed by atoms with Gasteiger partial charge in [0.05, 0.1) is 18.8 Å². The molecule has 2 aliphatic heterocycles. The van der Waals surface area contributed by atoms with E-state index in [0.717, 1.165) is 5.56 Å². The van der Waals surface area contributed by atoms with Crippen molar-refractivity contribution in [3.05, 3.63) is 83.2 Å². The lowest BCUT2D eigenvalue weighted by molar-refractivity contribution is -0.150. The largest absolute Gasteiger partial charge is 0.465 e. The average molecular weight is 464 g/mol. The Kier molecular flexibility index (Phi) is 6.37. The molecule has 0 saturated carbocycles. The summed E-state index contributed by atoms with van der Waals surface area (Å²) in [6.45, 7) is 10.2. The zero-order chi connectivity index (χ0) is 24.5. The number of esters is 2. The number of rotatable bonds is 6. The second-order valence-corrected chi connectivity index (χ2v) is 8.17. The van der Waals surface area contributed by atoms with E-state index in [0.29, 0.717) is 34.0 Å². The number of benzene rings is 2. The number of carbonyl (C=O) groups is 2. The molecule has 178 valence electrons. The summed E-state index contributed by atoms with van der Waals surface area (Å²) in [5.74, 6) is -0.620. The Bertz CT molecular complexity index is 1150. The lowest BCUT2D eigenvalue weighted by atomic mass is 9.60. The number of carbonyl (C=O) groups excluding carboxylic acids is 2. The van der Waals surface area contributed by atoms with E-state index in [4.69, 9.17) is 18.9 Å². The molecule has 0 bridgehead atoms. The number of nitrogens with zero attached hydrogens (tertiary/aromatic N) is 1. The third kappa shape index (κ3) is 3.52. The summed E-state index contributed by atoms with van der Waals surface area (Å²) in [6.07, 6.45) is 0. The average Bonchev–Trinajstić information content (AvgIpc) is 3.31. The molecule has 0 N–H and O–H groups in total. The van der Waals surface area contributed by atoms with E-state index in [1.165, 1.54) is 0 Å².